The van der Waals surface area contributed by atoms with Crippen LogP contribution in [0.2, 0.25) is 0 Å². The van der Waals surface area contributed by atoms with Crippen LogP contribution in [-0.4, -0.2) is 40.1 Å². The molecular weight excluding hydrogens is 288 g/mol. The minimum Gasteiger partial charge on any atom is -0.447 e. The van der Waals surface area contributed by atoms with Gasteiger partial charge >= 0.3 is 5.97 Å². The van der Waals surface area contributed by atoms with Crippen molar-refractivity contribution in [2.75, 3.05) is 6.54 Å². The van der Waals surface area contributed by atoms with Gasteiger partial charge in [-0.1, -0.05) is 18.3 Å². The molecule has 0 amide bonds. The molecule has 0 saturated carbocycles. The third-order valence-electron chi connectivity index (χ3n) is 5.41. The highest BCUT2D eigenvalue weighted by molar-refractivity contribution is 5.91. The molecule has 114 valence electrons. The van der Waals surface area contributed by atoms with Gasteiger partial charge in [-0.3, -0.25) is 9.88 Å². The van der Waals surface area contributed by atoms with Crippen LogP contribution in [0.1, 0.15) is 24.8 Å². The van der Waals surface area contributed by atoms with Crippen molar-refractivity contribution in [2.45, 2.75) is 36.9 Å². The maximum atomic E-state index is 11.9. The first kappa shape index (κ1) is 13.1. The van der Waals surface area contributed by atoms with Gasteiger partial charge in [0.05, 0.1) is 12.1 Å². The summed E-state index contributed by atoms with van der Waals surface area (Å²) >= 11 is 0. The summed E-state index contributed by atoms with van der Waals surface area (Å²) in [6.07, 6.45) is 10.8. The van der Waals surface area contributed by atoms with Gasteiger partial charge in [-0.15, -0.1) is 0 Å². The molecule has 4 nitrogen and oxygen atoms in total. The minimum atomic E-state index is -0.448. The van der Waals surface area contributed by atoms with E-state index in [1.54, 1.807) is 18.5 Å². The van der Waals surface area contributed by atoms with E-state index in [2.05, 4.69) is 27.8 Å². The van der Waals surface area contributed by atoms with E-state index >= 15 is 0 Å². The zero-order chi connectivity index (χ0) is 15.4. The number of carbonyl (C=O) groups excluding carboxylic acids is 1. The SMILES string of the molecule is O=C1C=C2C(C#Cc3cccnc3)=C[C@H]3N4CCCC[C@@H]4C23O1. The van der Waals surface area contributed by atoms with Gasteiger partial charge in [0, 0.05) is 35.2 Å². The maximum absolute atomic E-state index is 11.9. The number of hydrogen-bond donors (Lipinski definition) is 0. The zero-order valence-corrected chi connectivity index (χ0v) is 12.7. The standard InChI is InChI=1S/C19H16N2O2/c22-18-11-15-14(7-6-13-4-3-8-20-12-13)10-17-19(15,23-18)16-5-1-2-9-21(16)17/h3-4,8,10-12,16-17H,1-2,5,9H2/t16-,17-,19?/m1/s1. The van der Waals surface area contributed by atoms with Crippen molar-refractivity contribution >= 4 is 5.97 Å². The second kappa shape index (κ2) is 4.56. The first-order chi connectivity index (χ1) is 11.3. The Bertz CT molecular complexity index is 815. The molecular formula is C19H16N2O2. The van der Waals surface area contributed by atoms with Crippen molar-refractivity contribution in [3.8, 4) is 11.8 Å². The van der Waals surface area contributed by atoms with Gasteiger partial charge in [0.25, 0.3) is 0 Å². The molecule has 4 heteroatoms. The molecule has 3 atom stereocenters. The Morgan fingerprint density at radius 3 is 3.17 bits per heavy atom. The van der Waals surface area contributed by atoms with E-state index in [-0.39, 0.29) is 12.0 Å². The van der Waals surface area contributed by atoms with Crippen LogP contribution in [0.25, 0.3) is 0 Å². The topological polar surface area (TPSA) is 42.4 Å². The largest absolute Gasteiger partial charge is 0.447 e. The monoisotopic (exact) mass is 304 g/mol. The summed E-state index contributed by atoms with van der Waals surface area (Å²) in [6, 6.07) is 4.31. The molecule has 1 aliphatic carbocycles. The molecule has 5 rings (SSSR count). The third-order valence-corrected chi connectivity index (χ3v) is 5.41. The lowest BCUT2D eigenvalue weighted by Crippen LogP contribution is -2.76. The van der Waals surface area contributed by atoms with Gasteiger partial charge < -0.3 is 4.74 Å². The molecule has 1 spiro atoms. The van der Waals surface area contributed by atoms with Crippen molar-refractivity contribution in [1.29, 1.82) is 0 Å². The third kappa shape index (κ3) is 1.66. The molecule has 1 aromatic rings. The molecule has 4 aliphatic rings. The second-order valence-corrected chi connectivity index (χ2v) is 6.54. The second-order valence-electron chi connectivity index (χ2n) is 6.54. The van der Waals surface area contributed by atoms with E-state index in [1.807, 2.05) is 12.1 Å². The Labute approximate surface area is 134 Å². The first-order valence-electron chi connectivity index (χ1n) is 8.14. The maximum Gasteiger partial charge on any atom is 0.332 e. The van der Waals surface area contributed by atoms with Crippen LogP contribution in [0, 0.1) is 11.8 Å². The predicted octanol–water partition coefficient (Wildman–Crippen LogP) is 1.83. The molecule has 0 aromatic carbocycles. The predicted molar refractivity (Wildman–Crippen MR) is 84.2 cm³/mol. The Hall–Kier alpha value is -2.38. The van der Waals surface area contributed by atoms with E-state index < -0.39 is 5.60 Å². The number of pyridine rings is 1. The van der Waals surface area contributed by atoms with Gasteiger partial charge in [0.1, 0.15) is 0 Å². The van der Waals surface area contributed by atoms with Gasteiger partial charge in [-0.2, -0.15) is 0 Å². The Morgan fingerprint density at radius 2 is 2.30 bits per heavy atom. The molecule has 3 aliphatic heterocycles. The summed E-state index contributed by atoms with van der Waals surface area (Å²) in [4.78, 5) is 18.5. The van der Waals surface area contributed by atoms with Crippen LogP contribution in [-0.2, 0) is 9.53 Å². The van der Waals surface area contributed by atoms with E-state index in [9.17, 15) is 4.79 Å². The average molecular weight is 304 g/mol. The number of carbonyl (C=O) groups is 1. The van der Waals surface area contributed by atoms with Gasteiger partial charge in [0.15, 0.2) is 5.60 Å². The van der Waals surface area contributed by atoms with Gasteiger partial charge in [0.2, 0.25) is 0 Å². The summed E-state index contributed by atoms with van der Waals surface area (Å²) in [6.45, 7) is 1.09. The van der Waals surface area contributed by atoms with Gasteiger partial charge in [-0.25, -0.2) is 4.79 Å². The average Bonchev–Trinajstić information content (AvgIpc) is 3.06. The Kier molecular flexibility index (Phi) is 2.60. The van der Waals surface area contributed by atoms with Crippen LogP contribution in [0.5, 0.6) is 0 Å². The van der Waals surface area contributed by atoms with Crippen molar-refractivity contribution in [1.82, 2.24) is 9.88 Å². The quantitative estimate of drug-likeness (QED) is 0.542. The number of esters is 1. The first-order valence-corrected chi connectivity index (χ1v) is 8.14. The summed E-state index contributed by atoms with van der Waals surface area (Å²) in [5, 5.41) is 0. The van der Waals surface area contributed by atoms with Crippen LogP contribution in [0.3, 0.4) is 0 Å². The van der Waals surface area contributed by atoms with Crippen LogP contribution in [0.4, 0.5) is 0 Å². The van der Waals surface area contributed by atoms with E-state index in [0.717, 1.165) is 29.7 Å². The number of fused-ring (bicyclic) bond motifs is 2. The number of hydrogen-bond acceptors (Lipinski definition) is 4. The van der Waals surface area contributed by atoms with Crippen LogP contribution >= 0.6 is 0 Å². The Balaban J connectivity index is 1.54. The molecule has 4 heterocycles. The molecule has 1 unspecified atom stereocenters. The van der Waals surface area contributed by atoms with Crippen molar-refractivity contribution in [3.05, 3.63) is 53.4 Å². The Morgan fingerprint density at radius 1 is 1.35 bits per heavy atom. The fourth-order valence-corrected chi connectivity index (χ4v) is 4.50. The molecule has 0 N–H and O–H groups in total. The summed E-state index contributed by atoms with van der Waals surface area (Å²) in [5.74, 6) is 6.17. The normalized spacial score (nSPS) is 34.0. The zero-order valence-electron chi connectivity index (χ0n) is 12.7. The lowest BCUT2D eigenvalue weighted by Gasteiger charge is -2.60. The summed E-state index contributed by atoms with van der Waals surface area (Å²) in [5.41, 5.74) is 2.37. The van der Waals surface area contributed by atoms with Gasteiger partial charge in [-0.05, 0) is 37.6 Å². The lowest BCUT2D eigenvalue weighted by molar-refractivity contribution is -0.194. The number of nitrogens with zero attached hydrogens (tertiary/aromatic N) is 2. The number of aromatic nitrogens is 1. The van der Waals surface area contributed by atoms with Crippen molar-refractivity contribution in [2.24, 2.45) is 0 Å². The molecule has 23 heavy (non-hydrogen) atoms. The number of rotatable bonds is 0. The fraction of sp³-hybridized carbons (Fsp3) is 0.368. The minimum absolute atomic E-state index is 0.170. The highest BCUT2D eigenvalue weighted by Gasteiger charge is 2.69. The number of ether oxygens (including phenoxy) is 1. The molecule has 0 bridgehead atoms. The van der Waals surface area contributed by atoms with E-state index in [0.29, 0.717) is 6.04 Å². The van der Waals surface area contributed by atoms with Crippen molar-refractivity contribution < 1.29 is 9.53 Å². The summed E-state index contributed by atoms with van der Waals surface area (Å²) < 4.78 is 5.82. The summed E-state index contributed by atoms with van der Waals surface area (Å²) in [7, 11) is 0. The van der Waals surface area contributed by atoms with E-state index in [1.165, 1.54) is 12.8 Å². The van der Waals surface area contributed by atoms with E-state index in [4.69, 9.17) is 4.74 Å². The fourth-order valence-electron chi connectivity index (χ4n) is 4.50. The highest BCUT2D eigenvalue weighted by atomic mass is 16.6. The molecule has 0 radical (unpaired) electrons. The van der Waals surface area contributed by atoms with Crippen LogP contribution < -0.4 is 0 Å². The molecule has 2 saturated heterocycles. The molecule has 1 aromatic heterocycles. The lowest BCUT2D eigenvalue weighted by atomic mass is 9.70. The smallest absolute Gasteiger partial charge is 0.332 e. The highest BCUT2D eigenvalue weighted by Crippen LogP contribution is 2.57. The molecule has 2 fully saturated rings. The van der Waals surface area contributed by atoms with Crippen LogP contribution in [0.15, 0.2) is 47.8 Å². The number of piperidine rings is 1. The van der Waals surface area contributed by atoms with Crippen molar-refractivity contribution in [3.63, 3.8) is 0 Å².